The molecule has 0 spiro atoms. The number of hydrogen-bond acceptors (Lipinski definition) is 10. The summed E-state index contributed by atoms with van der Waals surface area (Å²) in [5.74, 6) is -1.99. The number of carboxylic acid groups (broad SMARTS) is 1. The number of hydrogen-bond donors (Lipinski definition) is 2. The molecule has 1 aromatic carbocycles. The van der Waals surface area contributed by atoms with Crippen molar-refractivity contribution in [1.82, 2.24) is 0 Å². The summed E-state index contributed by atoms with van der Waals surface area (Å²) in [6.07, 6.45) is 1.57. The summed E-state index contributed by atoms with van der Waals surface area (Å²) >= 11 is 0. The molecule has 11 nitrogen and oxygen atoms in total. The molecular formula is C27H41NO10. The van der Waals surface area contributed by atoms with Gasteiger partial charge in [0.1, 0.15) is 11.6 Å². The van der Waals surface area contributed by atoms with E-state index in [2.05, 4.69) is 0 Å². The molecule has 214 valence electrons. The van der Waals surface area contributed by atoms with Crippen molar-refractivity contribution in [1.29, 1.82) is 0 Å². The largest absolute Gasteiger partial charge is 0.513 e. The van der Waals surface area contributed by atoms with E-state index in [1.807, 2.05) is 20.8 Å². The number of unbranched alkanes of at least 4 members (excludes halogenated alkanes) is 3. The highest BCUT2D eigenvalue weighted by atomic mass is 16.7. The highest BCUT2D eigenvalue weighted by Crippen LogP contribution is 2.31. The lowest BCUT2D eigenvalue weighted by Crippen LogP contribution is -2.52. The second kappa shape index (κ2) is 17.2. The lowest BCUT2D eigenvalue weighted by molar-refractivity contribution is -0.153. The summed E-state index contributed by atoms with van der Waals surface area (Å²) in [5, 5.41) is 9.87. The maximum atomic E-state index is 12.2. The number of carbonyl (C=O) groups excluding carboxylic acids is 3. The molecule has 0 bridgehead atoms. The molecule has 0 radical (unpaired) electrons. The monoisotopic (exact) mass is 539 g/mol. The van der Waals surface area contributed by atoms with Crippen LogP contribution in [0, 0.1) is 0 Å². The van der Waals surface area contributed by atoms with Crippen LogP contribution in [0.3, 0.4) is 0 Å². The molecule has 0 aromatic heterocycles. The number of carbonyl (C=O) groups is 4. The Labute approximate surface area is 223 Å². The summed E-state index contributed by atoms with van der Waals surface area (Å²) in [6, 6.07) is 4.19. The third-order valence-corrected chi connectivity index (χ3v) is 5.49. The van der Waals surface area contributed by atoms with Crippen LogP contribution < -0.4 is 15.2 Å². The molecule has 1 rings (SSSR count). The Morgan fingerprint density at radius 3 is 1.97 bits per heavy atom. The van der Waals surface area contributed by atoms with Gasteiger partial charge in [-0.1, -0.05) is 46.1 Å². The van der Waals surface area contributed by atoms with Crippen LogP contribution in [0.2, 0.25) is 0 Å². The number of esters is 1. The van der Waals surface area contributed by atoms with Crippen molar-refractivity contribution in [3.8, 4) is 11.5 Å². The van der Waals surface area contributed by atoms with E-state index in [9.17, 15) is 24.3 Å². The molecule has 3 N–H and O–H groups in total. The maximum absolute atomic E-state index is 12.2. The number of rotatable bonds is 17. The fraction of sp³-hybridized carbons (Fsp3) is 0.630. The van der Waals surface area contributed by atoms with Gasteiger partial charge in [-0.15, -0.1) is 0 Å². The fourth-order valence-corrected chi connectivity index (χ4v) is 3.42. The Balaban J connectivity index is 3.10. The molecule has 1 aromatic rings. The van der Waals surface area contributed by atoms with Gasteiger partial charge in [-0.2, -0.15) is 0 Å². The van der Waals surface area contributed by atoms with Crippen molar-refractivity contribution < 1.29 is 48.0 Å². The Bertz CT molecular complexity index is 919. The van der Waals surface area contributed by atoms with Gasteiger partial charge in [0.05, 0.1) is 13.2 Å². The predicted molar refractivity (Wildman–Crippen MR) is 138 cm³/mol. The third-order valence-electron chi connectivity index (χ3n) is 5.49. The second-order valence-corrected chi connectivity index (χ2v) is 9.14. The Kier molecular flexibility index (Phi) is 14.8. The van der Waals surface area contributed by atoms with Gasteiger partial charge >= 0.3 is 24.2 Å². The van der Waals surface area contributed by atoms with Gasteiger partial charge < -0.3 is 34.5 Å². The van der Waals surface area contributed by atoms with Crippen LogP contribution in [-0.2, 0) is 30.2 Å². The van der Waals surface area contributed by atoms with E-state index in [4.69, 9.17) is 29.4 Å². The summed E-state index contributed by atoms with van der Waals surface area (Å²) in [7, 11) is 0. The predicted octanol–water partition coefficient (Wildman–Crippen LogP) is 5.15. The van der Waals surface area contributed by atoms with Crippen LogP contribution in [-0.4, -0.2) is 54.2 Å². The zero-order valence-corrected chi connectivity index (χ0v) is 22.8. The van der Waals surface area contributed by atoms with E-state index in [1.54, 1.807) is 6.92 Å². The standard InChI is InChI=1S/C27H41NO10/c1-5-8-11-23(29)36-19(4)17-27(28,24(30)31)18-20-12-13-21(37-25(32)34-14-9-6-2)22(16-20)38-26(33)35-15-10-7-3/h12-13,16,19H,5-11,14-15,17-18,28H2,1-4H3,(H,30,31)/t19-,27+/m0/s1. The highest BCUT2D eigenvalue weighted by molar-refractivity contribution is 5.79. The molecule has 0 aliphatic heterocycles. The summed E-state index contributed by atoms with van der Waals surface area (Å²) in [5.41, 5.74) is 4.82. The van der Waals surface area contributed by atoms with Crippen LogP contribution >= 0.6 is 0 Å². The molecule has 0 unspecified atom stereocenters. The van der Waals surface area contributed by atoms with Crippen molar-refractivity contribution >= 4 is 24.2 Å². The van der Waals surface area contributed by atoms with Crippen molar-refractivity contribution in [2.75, 3.05) is 13.2 Å². The zero-order valence-electron chi connectivity index (χ0n) is 22.8. The van der Waals surface area contributed by atoms with Gasteiger partial charge in [-0.25, -0.2) is 9.59 Å². The molecule has 0 aliphatic carbocycles. The molecular weight excluding hydrogens is 498 g/mol. The van der Waals surface area contributed by atoms with Crippen LogP contribution in [0.15, 0.2) is 18.2 Å². The van der Waals surface area contributed by atoms with E-state index >= 15 is 0 Å². The molecule has 0 aliphatic rings. The van der Waals surface area contributed by atoms with Crippen LogP contribution in [0.5, 0.6) is 11.5 Å². The fourth-order valence-electron chi connectivity index (χ4n) is 3.42. The number of ether oxygens (including phenoxy) is 5. The second-order valence-electron chi connectivity index (χ2n) is 9.14. The lowest BCUT2D eigenvalue weighted by atomic mass is 9.86. The normalized spacial score (nSPS) is 13.1. The molecule has 2 atom stereocenters. The molecule has 0 heterocycles. The van der Waals surface area contributed by atoms with E-state index in [0.29, 0.717) is 24.8 Å². The molecule has 38 heavy (non-hydrogen) atoms. The van der Waals surface area contributed by atoms with E-state index < -0.39 is 35.9 Å². The number of aliphatic carboxylic acids is 1. The van der Waals surface area contributed by atoms with E-state index in [1.165, 1.54) is 18.2 Å². The first-order chi connectivity index (χ1) is 18.0. The average Bonchev–Trinajstić information content (AvgIpc) is 2.84. The minimum absolute atomic E-state index is 0.112. The van der Waals surface area contributed by atoms with Gasteiger partial charge in [0.2, 0.25) is 0 Å². The van der Waals surface area contributed by atoms with E-state index in [0.717, 1.165) is 19.3 Å². The number of benzene rings is 1. The molecule has 0 fully saturated rings. The van der Waals surface area contributed by atoms with Gasteiger partial charge in [-0.05, 0) is 43.9 Å². The van der Waals surface area contributed by atoms with Gasteiger partial charge in [0.15, 0.2) is 11.5 Å². The Morgan fingerprint density at radius 1 is 0.895 bits per heavy atom. The zero-order chi connectivity index (χ0) is 28.6. The Hall–Kier alpha value is -3.34. The summed E-state index contributed by atoms with van der Waals surface area (Å²) in [6.45, 7) is 7.71. The van der Waals surface area contributed by atoms with Crippen LogP contribution in [0.4, 0.5) is 9.59 Å². The minimum atomic E-state index is -1.80. The SMILES string of the molecule is CCCCOC(=O)Oc1ccc(C[C@](N)(C[C@H](C)OC(=O)CCCC)C(=O)O)cc1OC(=O)OCCCC. The molecule has 11 heteroatoms. The highest BCUT2D eigenvalue weighted by Gasteiger charge is 2.37. The third kappa shape index (κ3) is 12.3. The molecule has 0 amide bonds. The van der Waals surface area contributed by atoms with Crippen molar-refractivity contribution in [2.24, 2.45) is 5.73 Å². The summed E-state index contributed by atoms with van der Waals surface area (Å²) < 4.78 is 25.8. The smallest absolute Gasteiger partial charge is 0.480 e. The quantitative estimate of drug-likeness (QED) is 0.116. The first kappa shape index (κ1) is 32.7. The van der Waals surface area contributed by atoms with Crippen molar-refractivity contribution in [2.45, 2.75) is 97.1 Å². The van der Waals surface area contributed by atoms with E-state index in [-0.39, 0.29) is 44.0 Å². The van der Waals surface area contributed by atoms with Gasteiger partial charge in [-0.3, -0.25) is 9.59 Å². The Morgan fingerprint density at radius 2 is 1.45 bits per heavy atom. The maximum Gasteiger partial charge on any atom is 0.513 e. The molecule has 0 saturated carbocycles. The first-order valence-electron chi connectivity index (χ1n) is 13.1. The number of carboxylic acids is 1. The number of nitrogens with two attached hydrogens (primary N) is 1. The first-order valence-corrected chi connectivity index (χ1v) is 13.1. The van der Waals surface area contributed by atoms with Gasteiger partial charge in [0.25, 0.3) is 0 Å². The van der Waals surface area contributed by atoms with Crippen LogP contribution in [0.25, 0.3) is 0 Å². The lowest BCUT2D eigenvalue weighted by Gasteiger charge is -2.28. The molecule has 0 saturated heterocycles. The average molecular weight is 540 g/mol. The summed E-state index contributed by atoms with van der Waals surface area (Å²) in [4.78, 5) is 48.3. The topological polar surface area (TPSA) is 161 Å². The minimum Gasteiger partial charge on any atom is -0.480 e. The van der Waals surface area contributed by atoms with Gasteiger partial charge in [0, 0.05) is 19.3 Å². The van der Waals surface area contributed by atoms with Crippen molar-refractivity contribution in [3.63, 3.8) is 0 Å². The van der Waals surface area contributed by atoms with Crippen molar-refractivity contribution in [3.05, 3.63) is 23.8 Å². The van der Waals surface area contributed by atoms with Crippen LogP contribution in [0.1, 0.15) is 84.6 Å².